The number of rotatable bonds is 4. The van der Waals surface area contributed by atoms with Crippen LogP contribution in [0.2, 0.25) is 5.02 Å². The second-order valence-corrected chi connectivity index (χ2v) is 6.53. The summed E-state index contributed by atoms with van der Waals surface area (Å²) < 4.78 is 5.95. The second-order valence-electron chi connectivity index (χ2n) is 6.12. The zero-order valence-electron chi connectivity index (χ0n) is 12.9. The molecule has 0 unspecified atom stereocenters. The molecule has 1 aromatic carbocycles. The van der Waals surface area contributed by atoms with Gasteiger partial charge in [-0.1, -0.05) is 17.7 Å². The number of nitrogens with zero attached hydrogens (tertiary/aromatic N) is 1. The van der Waals surface area contributed by atoms with Crippen molar-refractivity contribution in [1.82, 2.24) is 10.3 Å². The lowest BCUT2D eigenvalue weighted by atomic mass is 10.1. The van der Waals surface area contributed by atoms with E-state index in [1.165, 1.54) is 0 Å². The van der Waals surface area contributed by atoms with Crippen LogP contribution in [0.25, 0.3) is 0 Å². The normalized spacial score (nSPS) is 11.5. The molecule has 2 aromatic rings. The van der Waals surface area contributed by atoms with E-state index < -0.39 is 0 Å². The molecule has 21 heavy (non-hydrogen) atoms. The molecule has 1 heterocycles. The van der Waals surface area contributed by atoms with Crippen molar-refractivity contribution in [2.75, 3.05) is 0 Å². The van der Waals surface area contributed by atoms with Gasteiger partial charge < -0.3 is 10.1 Å². The Morgan fingerprint density at radius 3 is 2.67 bits per heavy atom. The van der Waals surface area contributed by atoms with Crippen LogP contribution in [-0.2, 0) is 6.54 Å². The van der Waals surface area contributed by atoms with E-state index in [-0.39, 0.29) is 5.54 Å². The van der Waals surface area contributed by atoms with Gasteiger partial charge in [-0.3, -0.25) is 4.98 Å². The number of benzene rings is 1. The van der Waals surface area contributed by atoms with Crippen LogP contribution in [0.4, 0.5) is 0 Å². The molecule has 0 spiro atoms. The molecule has 4 heteroatoms. The zero-order valence-corrected chi connectivity index (χ0v) is 13.7. The molecule has 0 bridgehead atoms. The molecular formula is C17H21ClN2O. The van der Waals surface area contributed by atoms with E-state index >= 15 is 0 Å². The first-order chi connectivity index (χ1) is 9.85. The topological polar surface area (TPSA) is 34.1 Å². The van der Waals surface area contributed by atoms with E-state index in [9.17, 15) is 0 Å². The molecule has 0 fully saturated rings. The predicted molar refractivity (Wildman–Crippen MR) is 87.1 cm³/mol. The highest BCUT2D eigenvalue weighted by molar-refractivity contribution is 6.32. The summed E-state index contributed by atoms with van der Waals surface area (Å²) in [5, 5.41) is 4.05. The second kappa shape index (κ2) is 6.46. The summed E-state index contributed by atoms with van der Waals surface area (Å²) in [6.07, 6.45) is 3.49. The van der Waals surface area contributed by atoms with E-state index in [1.807, 2.05) is 31.2 Å². The van der Waals surface area contributed by atoms with Crippen LogP contribution < -0.4 is 10.1 Å². The van der Waals surface area contributed by atoms with Crippen molar-refractivity contribution >= 4 is 11.6 Å². The van der Waals surface area contributed by atoms with Crippen molar-refractivity contribution in [1.29, 1.82) is 0 Å². The molecule has 0 saturated heterocycles. The standard InChI is InChI=1S/C17H21ClN2O/c1-12-5-6-14(18)15(9-12)21-16-11-19-8-7-13(16)10-20-17(2,3)4/h5-9,11,20H,10H2,1-4H3. The van der Waals surface area contributed by atoms with Crippen LogP contribution in [0.15, 0.2) is 36.7 Å². The Morgan fingerprint density at radius 1 is 1.19 bits per heavy atom. The molecule has 1 N–H and O–H groups in total. The van der Waals surface area contributed by atoms with Crippen LogP contribution in [0.3, 0.4) is 0 Å². The van der Waals surface area contributed by atoms with Crippen LogP contribution in [0, 0.1) is 6.92 Å². The maximum absolute atomic E-state index is 6.19. The largest absolute Gasteiger partial charge is 0.454 e. The first-order valence-electron chi connectivity index (χ1n) is 6.97. The third-order valence-electron chi connectivity index (χ3n) is 2.99. The third-order valence-corrected chi connectivity index (χ3v) is 3.30. The van der Waals surface area contributed by atoms with Gasteiger partial charge in [-0.15, -0.1) is 0 Å². The highest BCUT2D eigenvalue weighted by Gasteiger charge is 2.12. The zero-order chi connectivity index (χ0) is 15.5. The summed E-state index contributed by atoms with van der Waals surface area (Å²) in [4.78, 5) is 4.14. The first kappa shape index (κ1) is 15.8. The number of ether oxygens (including phenoxy) is 1. The molecular weight excluding hydrogens is 284 g/mol. The summed E-state index contributed by atoms with van der Waals surface area (Å²) in [6.45, 7) is 9.11. The SMILES string of the molecule is Cc1ccc(Cl)c(Oc2cnccc2CNC(C)(C)C)c1. The molecule has 0 radical (unpaired) electrons. The van der Waals surface area contributed by atoms with E-state index in [0.717, 1.165) is 16.9 Å². The summed E-state index contributed by atoms with van der Waals surface area (Å²) in [5.74, 6) is 1.38. The average molecular weight is 305 g/mol. The molecule has 0 aliphatic heterocycles. The Hall–Kier alpha value is -1.58. The quantitative estimate of drug-likeness (QED) is 0.887. The number of halogens is 1. The molecule has 3 nitrogen and oxygen atoms in total. The lowest BCUT2D eigenvalue weighted by Gasteiger charge is -2.21. The smallest absolute Gasteiger partial charge is 0.150 e. The monoisotopic (exact) mass is 304 g/mol. The van der Waals surface area contributed by atoms with Gasteiger partial charge in [-0.25, -0.2) is 0 Å². The number of pyridine rings is 1. The van der Waals surface area contributed by atoms with Crippen LogP contribution in [-0.4, -0.2) is 10.5 Å². The molecule has 0 amide bonds. The molecule has 112 valence electrons. The van der Waals surface area contributed by atoms with Crippen molar-refractivity contribution in [3.05, 3.63) is 52.8 Å². The van der Waals surface area contributed by atoms with Crippen molar-refractivity contribution < 1.29 is 4.74 Å². The fourth-order valence-electron chi connectivity index (χ4n) is 1.81. The predicted octanol–water partition coefficient (Wildman–Crippen LogP) is 4.72. The minimum atomic E-state index is 0.0432. The third kappa shape index (κ3) is 4.73. The average Bonchev–Trinajstić information content (AvgIpc) is 2.41. The summed E-state index contributed by atoms with van der Waals surface area (Å²) in [5.41, 5.74) is 2.20. The Morgan fingerprint density at radius 2 is 1.95 bits per heavy atom. The number of hydrogen-bond donors (Lipinski definition) is 1. The maximum Gasteiger partial charge on any atom is 0.150 e. The number of aryl methyl sites for hydroxylation is 1. The molecule has 2 rings (SSSR count). The Bertz CT molecular complexity index is 620. The van der Waals surface area contributed by atoms with Crippen molar-refractivity contribution in [3.8, 4) is 11.5 Å². The molecule has 0 aliphatic carbocycles. The maximum atomic E-state index is 6.19. The molecule has 0 atom stereocenters. The molecule has 1 aromatic heterocycles. The molecule has 0 aliphatic rings. The van der Waals surface area contributed by atoms with E-state index in [0.29, 0.717) is 17.3 Å². The first-order valence-corrected chi connectivity index (χ1v) is 7.35. The lowest BCUT2D eigenvalue weighted by molar-refractivity contribution is 0.413. The van der Waals surface area contributed by atoms with Crippen LogP contribution in [0.1, 0.15) is 31.9 Å². The van der Waals surface area contributed by atoms with Gasteiger partial charge in [0.15, 0.2) is 0 Å². The van der Waals surface area contributed by atoms with Crippen molar-refractivity contribution in [2.45, 2.75) is 39.8 Å². The minimum absolute atomic E-state index is 0.0432. The Labute approximate surface area is 131 Å². The van der Waals surface area contributed by atoms with Gasteiger partial charge in [0.05, 0.1) is 11.2 Å². The fraction of sp³-hybridized carbons (Fsp3) is 0.353. The minimum Gasteiger partial charge on any atom is -0.454 e. The van der Waals surface area contributed by atoms with Gasteiger partial charge in [0.25, 0.3) is 0 Å². The highest BCUT2D eigenvalue weighted by Crippen LogP contribution is 2.31. The number of hydrogen-bond acceptors (Lipinski definition) is 3. The molecule has 0 saturated carbocycles. The van der Waals surface area contributed by atoms with Gasteiger partial charge in [-0.2, -0.15) is 0 Å². The van der Waals surface area contributed by atoms with Crippen molar-refractivity contribution in [3.63, 3.8) is 0 Å². The van der Waals surface area contributed by atoms with Gasteiger partial charge in [0.2, 0.25) is 0 Å². The van der Waals surface area contributed by atoms with E-state index in [1.54, 1.807) is 12.4 Å². The summed E-state index contributed by atoms with van der Waals surface area (Å²) in [7, 11) is 0. The summed E-state index contributed by atoms with van der Waals surface area (Å²) >= 11 is 6.19. The summed E-state index contributed by atoms with van der Waals surface area (Å²) in [6, 6.07) is 7.68. The lowest BCUT2D eigenvalue weighted by Crippen LogP contribution is -2.35. The number of aromatic nitrogens is 1. The van der Waals surface area contributed by atoms with E-state index in [2.05, 4.69) is 31.1 Å². The number of nitrogens with one attached hydrogen (secondary N) is 1. The van der Waals surface area contributed by atoms with Crippen LogP contribution in [0.5, 0.6) is 11.5 Å². The van der Waals surface area contributed by atoms with Crippen LogP contribution >= 0.6 is 11.6 Å². The van der Waals surface area contributed by atoms with Gasteiger partial charge in [0.1, 0.15) is 11.5 Å². The fourth-order valence-corrected chi connectivity index (χ4v) is 1.97. The highest BCUT2D eigenvalue weighted by atomic mass is 35.5. The Balaban J connectivity index is 2.22. The van der Waals surface area contributed by atoms with Gasteiger partial charge in [0, 0.05) is 23.8 Å². The van der Waals surface area contributed by atoms with E-state index in [4.69, 9.17) is 16.3 Å². The van der Waals surface area contributed by atoms with Gasteiger partial charge in [-0.05, 0) is 51.5 Å². The van der Waals surface area contributed by atoms with Gasteiger partial charge >= 0.3 is 0 Å². The van der Waals surface area contributed by atoms with Crippen molar-refractivity contribution in [2.24, 2.45) is 0 Å². The Kier molecular flexibility index (Phi) is 4.86.